The summed E-state index contributed by atoms with van der Waals surface area (Å²) in [5.74, 6) is -1.47. The summed E-state index contributed by atoms with van der Waals surface area (Å²) in [5.41, 5.74) is 1.13. The van der Waals surface area contributed by atoms with Gasteiger partial charge in [0.25, 0.3) is 0 Å². The minimum atomic E-state index is -0.767. The standard InChI is InChI=1S/C13H11FN2O2/c14-11-8-10(1-2-12(11)17)16-13(18)7-9-3-5-15-6-4-9/h1-6,8,17H,7H2,(H,16,18). The van der Waals surface area contributed by atoms with Crippen LogP contribution in [0.4, 0.5) is 10.1 Å². The van der Waals surface area contributed by atoms with E-state index in [1.807, 2.05) is 0 Å². The minimum Gasteiger partial charge on any atom is -0.505 e. The molecule has 92 valence electrons. The summed E-state index contributed by atoms with van der Waals surface area (Å²) < 4.78 is 13.0. The van der Waals surface area contributed by atoms with Crippen LogP contribution < -0.4 is 5.32 Å². The Morgan fingerprint density at radius 2 is 2.00 bits per heavy atom. The molecule has 0 unspecified atom stereocenters. The first kappa shape index (κ1) is 12.0. The summed E-state index contributed by atoms with van der Waals surface area (Å²) >= 11 is 0. The molecule has 18 heavy (non-hydrogen) atoms. The van der Waals surface area contributed by atoms with Gasteiger partial charge in [0, 0.05) is 24.1 Å². The van der Waals surface area contributed by atoms with Gasteiger partial charge in [-0.25, -0.2) is 4.39 Å². The number of anilines is 1. The lowest BCUT2D eigenvalue weighted by Crippen LogP contribution is -2.14. The number of aromatic hydroxyl groups is 1. The highest BCUT2D eigenvalue weighted by molar-refractivity contribution is 5.92. The van der Waals surface area contributed by atoms with E-state index in [0.717, 1.165) is 11.6 Å². The second-order valence-corrected chi connectivity index (χ2v) is 3.75. The summed E-state index contributed by atoms with van der Waals surface area (Å²) in [5, 5.41) is 11.6. The predicted molar refractivity (Wildman–Crippen MR) is 64.6 cm³/mol. The van der Waals surface area contributed by atoms with E-state index >= 15 is 0 Å². The average molecular weight is 246 g/mol. The number of benzene rings is 1. The number of phenols is 1. The SMILES string of the molecule is O=C(Cc1ccncc1)Nc1ccc(O)c(F)c1. The molecule has 0 atom stereocenters. The topological polar surface area (TPSA) is 62.2 Å². The van der Waals surface area contributed by atoms with Crippen LogP contribution in [0.15, 0.2) is 42.7 Å². The van der Waals surface area contributed by atoms with E-state index in [-0.39, 0.29) is 12.3 Å². The summed E-state index contributed by atoms with van der Waals surface area (Å²) in [7, 11) is 0. The zero-order valence-corrected chi connectivity index (χ0v) is 9.43. The maximum atomic E-state index is 13.0. The summed E-state index contributed by atoms with van der Waals surface area (Å²) in [6.45, 7) is 0. The van der Waals surface area contributed by atoms with Crippen LogP contribution >= 0.6 is 0 Å². The van der Waals surface area contributed by atoms with Crippen LogP contribution in [-0.4, -0.2) is 16.0 Å². The molecule has 1 amide bonds. The number of carbonyl (C=O) groups is 1. The van der Waals surface area contributed by atoms with Gasteiger partial charge in [-0.15, -0.1) is 0 Å². The van der Waals surface area contributed by atoms with Crippen molar-refractivity contribution in [2.24, 2.45) is 0 Å². The third kappa shape index (κ3) is 3.04. The van der Waals surface area contributed by atoms with Crippen molar-refractivity contribution < 1.29 is 14.3 Å². The van der Waals surface area contributed by atoms with Crippen LogP contribution in [-0.2, 0) is 11.2 Å². The number of nitrogens with zero attached hydrogens (tertiary/aromatic N) is 1. The highest BCUT2D eigenvalue weighted by Gasteiger charge is 2.06. The molecule has 0 aliphatic carbocycles. The Balaban J connectivity index is 2.01. The number of amides is 1. The quantitative estimate of drug-likeness (QED) is 0.815. The maximum absolute atomic E-state index is 13.0. The highest BCUT2D eigenvalue weighted by atomic mass is 19.1. The van der Waals surface area contributed by atoms with Crippen molar-refractivity contribution in [2.75, 3.05) is 5.32 Å². The van der Waals surface area contributed by atoms with E-state index in [2.05, 4.69) is 10.3 Å². The number of carbonyl (C=O) groups excluding carboxylic acids is 1. The Hall–Kier alpha value is -2.43. The molecule has 0 saturated carbocycles. The minimum absolute atomic E-state index is 0.186. The molecule has 2 rings (SSSR count). The predicted octanol–water partition coefficient (Wildman–Crippen LogP) is 2.11. The largest absolute Gasteiger partial charge is 0.505 e. The van der Waals surface area contributed by atoms with E-state index in [9.17, 15) is 9.18 Å². The Bertz CT molecular complexity index is 558. The van der Waals surface area contributed by atoms with Crippen LogP contribution in [0.25, 0.3) is 0 Å². The number of phenolic OH excluding ortho intramolecular Hbond substituents is 1. The number of hydrogen-bond donors (Lipinski definition) is 2. The monoisotopic (exact) mass is 246 g/mol. The molecule has 0 radical (unpaired) electrons. The van der Waals surface area contributed by atoms with Crippen molar-refractivity contribution in [3.05, 3.63) is 54.1 Å². The molecule has 0 fully saturated rings. The lowest BCUT2D eigenvalue weighted by molar-refractivity contribution is -0.115. The van der Waals surface area contributed by atoms with Crippen molar-refractivity contribution in [1.29, 1.82) is 0 Å². The maximum Gasteiger partial charge on any atom is 0.228 e. The van der Waals surface area contributed by atoms with Gasteiger partial charge in [-0.1, -0.05) is 0 Å². The summed E-state index contributed by atoms with van der Waals surface area (Å²) in [6.07, 6.45) is 3.39. The molecule has 2 aromatic rings. The highest BCUT2D eigenvalue weighted by Crippen LogP contribution is 2.19. The molecule has 4 nitrogen and oxygen atoms in total. The van der Waals surface area contributed by atoms with Crippen molar-refractivity contribution in [3.63, 3.8) is 0 Å². The lowest BCUT2D eigenvalue weighted by atomic mass is 10.2. The fourth-order valence-electron chi connectivity index (χ4n) is 1.48. The molecular formula is C13H11FN2O2. The fourth-order valence-corrected chi connectivity index (χ4v) is 1.48. The van der Waals surface area contributed by atoms with Crippen molar-refractivity contribution in [2.45, 2.75) is 6.42 Å². The number of aromatic nitrogens is 1. The first-order valence-corrected chi connectivity index (χ1v) is 5.32. The molecule has 1 aromatic carbocycles. The van der Waals surface area contributed by atoms with Crippen LogP contribution in [0.3, 0.4) is 0 Å². The van der Waals surface area contributed by atoms with Crippen LogP contribution in [0.1, 0.15) is 5.56 Å². The molecule has 1 aromatic heterocycles. The van der Waals surface area contributed by atoms with Gasteiger partial charge in [0.1, 0.15) is 0 Å². The first-order valence-electron chi connectivity index (χ1n) is 5.32. The molecule has 0 aliphatic rings. The third-order valence-corrected chi connectivity index (χ3v) is 2.35. The van der Waals surface area contributed by atoms with Gasteiger partial charge >= 0.3 is 0 Å². The van der Waals surface area contributed by atoms with Crippen molar-refractivity contribution in [3.8, 4) is 5.75 Å². The average Bonchev–Trinajstić information content (AvgIpc) is 2.35. The molecule has 0 bridgehead atoms. The Morgan fingerprint density at radius 3 is 2.67 bits per heavy atom. The second kappa shape index (κ2) is 5.27. The Labute approximate surface area is 103 Å². The number of halogens is 1. The summed E-state index contributed by atoms with van der Waals surface area (Å²) in [6, 6.07) is 7.16. The third-order valence-electron chi connectivity index (χ3n) is 2.35. The van der Waals surface area contributed by atoms with E-state index in [4.69, 9.17) is 5.11 Å². The molecule has 1 heterocycles. The van der Waals surface area contributed by atoms with Gasteiger partial charge in [0.15, 0.2) is 11.6 Å². The fraction of sp³-hybridized carbons (Fsp3) is 0.0769. The number of rotatable bonds is 3. The molecule has 0 saturated heterocycles. The zero-order valence-electron chi connectivity index (χ0n) is 9.43. The lowest BCUT2D eigenvalue weighted by Gasteiger charge is -2.05. The number of nitrogens with one attached hydrogen (secondary N) is 1. The summed E-state index contributed by atoms with van der Waals surface area (Å²) in [4.78, 5) is 15.5. The van der Waals surface area contributed by atoms with E-state index in [1.54, 1.807) is 24.5 Å². The van der Waals surface area contributed by atoms with Gasteiger partial charge < -0.3 is 10.4 Å². The Morgan fingerprint density at radius 1 is 1.28 bits per heavy atom. The van der Waals surface area contributed by atoms with Crippen molar-refractivity contribution in [1.82, 2.24) is 4.98 Å². The van der Waals surface area contributed by atoms with Crippen LogP contribution in [0.5, 0.6) is 5.75 Å². The van der Waals surface area contributed by atoms with Gasteiger partial charge in [-0.3, -0.25) is 9.78 Å². The van der Waals surface area contributed by atoms with E-state index < -0.39 is 11.6 Å². The zero-order chi connectivity index (χ0) is 13.0. The van der Waals surface area contributed by atoms with Gasteiger partial charge in [0.2, 0.25) is 5.91 Å². The number of hydrogen-bond acceptors (Lipinski definition) is 3. The van der Waals surface area contributed by atoms with Crippen LogP contribution in [0, 0.1) is 5.82 Å². The smallest absolute Gasteiger partial charge is 0.228 e. The van der Waals surface area contributed by atoms with E-state index in [1.165, 1.54) is 12.1 Å². The normalized spacial score (nSPS) is 10.1. The van der Waals surface area contributed by atoms with E-state index in [0.29, 0.717) is 5.69 Å². The van der Waals surface area contributed by atoms with Crippen LogP contribution in [0.2, 0.25) is 0 Å². The molecule has 5 heteroatoms. The van der Waals surface area contributed by atoms with Gasteiger partial charge in [-0.2, -0.15) is 0 Å². The van der Waals surface area contributed by atoms with Gasteiger partial charge in [-0.05, 0) is 29.8 Å². The second-order valence-electron chi connectivity index (χ2n) is 3.75. The molecule has 0 aliphatic heterocycles. The van der Waals surface area contributed by atoms with Crippen molar-refractivity contribution >= 4 is 11.6 Å². The number of pyridine rings is 1. The molecule has 0 spiro atoms. The Kier molecular flexibility index (Phi) is 3.52. The molecule has 2 N–H and O–H groups in total. The molecular weight excluding hydrogens is 235 g/mol. The van der Waals surface area contributed by atoms with Gasteiger partial charge in [0.05, 0.1) is 6.42 Å². The first-order chi connectivity index (χ1) is 8.65.